The Morgan fingerprint density at radius 3 is 2.62 bits per heavy atom. The Kier molecular flexibility index (Phi) is 6.12. The normalized spacial score (nSPS) is 27.8. The van der Waals surface area contributed by atoms with E-state index in [9.17, 15) is 28.3 Å². The molecule has 170 valence electrons. The highest BCUT2D eigenvalue weighted by Gasteiger charge is 2.46. The van der Waals surface area contributed by atoms with Crippen LogP contribution in [0.5, 0.6) is 0 Å². The molecule has 1 aromatic carbocycles. The number of Topliss-reactive ketones (excluding diaryl/α,β-unsaturated/α-hetero) is 2. The van der Waals surface area contributed by atoms with Crippen molar-refractivity contribution in [2.24, 2.45) is 23.7 Å². The maximum Gasteiger partial charge on any atom is 0.255 e. The van der Waals surface area contributed by atoms with E-state index in [1.54, 1.807) is 0 Å². The van der Waals surface area contributed by atoms with Crippen LogP contribution in [0, 0.1) is 35.3 Å². The lowest BCUT2D eigenvalue weighted by molar-refractivity contribution is -0.131. The highest BCUT2D eigenvalue weighted by atomic mass is 19.1. The largest absolute Gasteiger partial charge is 0.380 e. The fourth-order valence-electron chi connectivity index (χ4n) is 5.31. The number of amides is 1. The number of aliphatic hydroxyl groups excluding tert-OH is 1. The quantitative estimate of drug-likeness (QED) is 0.699. The summed E-state index contributed by atoms with van der Waals surface area (Å²) in [6, 6.07) is 3.01. The van der Waals surface area contributed by atoms with Crippen molar-refractivity contribution in [2.45, 2.75) is 52.2 Å². The van der Waals surface area contributed by atoms with Gasteiger partial charge in [0.2, 0.25) is 5.78 Å². The number of carbonyl (C=O) groups is 3. The average Bonchev–Trinajstić information content (AvgIpc) is 2.75. The number of aliphatic hydroxyl groups is 1. The van der Waals surface area contributed by atoms with E-state index < -0.39 is 29.4 Å². The Labute approximate surface area is 185 Å². The Hall–Kier alpha value is -2.67. The summed E-state index contributed by atoms with van der Waals surface area (Å²) < 4.78 is 26.9. The van der Waals surface area contributed by atoms with Gasteiger partial charge in [-0.2, -0.15) is 0 Å². The molecule has 3 aliphatic carbocycles. The average molecular weight is 443 g/mol. The summed E-state index contributed by atoms with van der Waals surface area (Å²) in [5.41, 5.74) is 0.495. The summed E-state index contributed by atoms with van der Waals surface area (Å²) in [4.78, 5) is 38.5. The van der Waals surface area contributed by atoms with Gasteiger partial charge in [0.25, 0.3) is 5.91 Å². The zero-order valence-corrected chi connectivity index (χ0v) is 18.2. The van der Waals surface area contributed by atoms with Gasteiger partial charge in [-0.15, -0.1) is 0 Å². The predicted octanol–water partition coefficient (Wildman–Crippen LogP) is 3.41. The van der Waals surface area contributed by atoms with Gasteiger partial charge in [-0.05, 0) is 61.2 Å². The van der Waals surface area contributed by atoms with E-state index in [0.29, 0.717) is 29.9 Å². The molecule has 0 aromatic heterocycles. The van der Waals surface area contributed by atoms with E-state index in [0.717, 1.165) is 25.3 Å². The number of carbonyl (C=O) groups excluding carboxylic acids is 3. The molecule has 0 spiro atoms. The topological polar surface area (TPSA) is 83.5 Å². The Morgan fingerprint density at radius 1 is 1.19 bits per heavy atom. The summed E-state index contributed by atoms with van der Waals surface area (Å²) >= 11 is 0. The first-order chi connectivity index (χ1) is 15.2. The van der Waals surface area contributed by atoms with E-state index in [4.69, 9.17) is 0 Å². The van der Waals surface area contributed by atoms with Gasteiger partial charge in [0.05, 0.1) is 5.57 Å². The fourth-order valence-corrected chi connectivity index (χ4v) is 5.31. The van der Waals surface area contributed by atoms with Crippen molar-refractivity contribution in [3.63, 3.8) is 0 Å². The molecule has 2 N–H and O–H groups in total. The van der Waals surface area contributed by atoms with Crippen molar-refractivity contribution >= 4 is 17.5 Å². The minimum atomic E-state index is -1.66. The van der Waals surface area contributed by atoms with E-state index in [-0.39, 0.29) is 40.9 Å². The third-order valence-electron chi connectivity index (χ3n) is 7.20. The first-order valence-corrected chi connectivity index (χ1v) is 11.1. The molecule has 1 amide bonds. The third-order valence-corrected chi connectivity index (χ3v) is 7.20. The molecule has 32 heavy (non-hydrogen) atoms. The summed E-state index contributed by atoms with van der Waals surface area (Å²) in [7, 11) is 0. The molecule has 1 aromatic rings. The third kappa shape index (κ3) is 4.06. The van der Waals surface area contributed by atoms with Gasteiger partial charge < -0.3 is 10.4 Å². The van der Waals surface area contributed by atoms with Crippen LogP contribution in [0.25, 0.3) is 0 Å². The predicted molar refractivity (Wildman–Crippen MR) is 113 cm³/mol. The molecule has 1 fully saturated rings. The number of hydrogen-bond donors (Lipinski definition) is 2. The molecule has 7 heteroatoms. The van der Waals surface area contributed by atoms with Crippen LogP contribution >= 0.6 is 0 Å². The van der Waals surface area contributed by atoms with Gasteiger partial charge in [0.1, 0.15) is 17.7 Å². The summed E-state index contributed by atoms with van der Waals surface area (Å²) in [6.45, 7) is 4.11. The highest BCUT2D eigenvalue weighted by molar-refractivity contribution is 6.25. The summed E-state index contributed by atoms with van der Waals surface area (Å²) in [5.74, 6) is -2.31. The Balaban J connectivity index is 1.55. The van der Waals surface area contributed by atoms with Crippen LogP contribution in [0.2, 0.25) is 0 Å². The van der Waals surface area contributed by atoms with Crippen molar-refractivity contribution < 1.29 is 28.3 Å². The van der Waals surface area contributed by atoms with Gasteiger partial charge in [0.15, 0.2) is 5.78 Å². The SMILES string of the molecule is CC(C)[C@@H]1CCC2C(=O)C3=C(C=C(C(=O)NCc4ccc(F)cc4F)C(=O)C3O)C[C@H]2C1. The van der Waals surface area contributed by atoms with Crippen LogP contribution in [-0.4, -0.2) is 28.7 Å². The molecule has 0 aliphatic heterocycles. The number of nitrogens with one attached hydrogen (secondary N) is 1. The Morgan fingerprint density at radius 2 is 1.94 bits per heavy atom. The van der Waals surface area contributed by atoms with Gasteiger partial charge >= 0.3 is 0 Å². The molecule has 0 radical (unpaired) electrons. The number of hydrogen-bond acceptors (Lipinski definition) is 4. The zero-order valence-electron chi connectivity index (χ0n) is 18.2. The Bertz CT molecular complexity index is 1040. The monoisotopic (exact) mass is 443 g/mol. The number of rotatable bonds is 4. The number of fused-ring (bicyclic) bond motifs is 1. The van der Waals surface area contributed by atoms with Crippen LogP contribution < -0.4 is 5.32 Å². The van der Waals surface area contributed by atoms with Crippen LogP contribution in [-0.2, 0) is 20.9 Å². The minimum Gasteiger partial charge on any atom is -0.380 e. The molecular weight excluding hydrogens is 416 g/mol. The van der Waals surface area contributed by atoms with E-state index in [1.807, 2.05) is 0 Å². The van der Waals surface area contributed by atoms with Crippen molar-refractivity contribution in [2.75, 3.05) is 0 Å². The zero-order chi connectivity index (χ0) is 23.2. The fraction of sp³-hybridized carbons (Fsp3) is 0.480. The van der Waals surface area contributed by atoms with E-state index >= 15 is 0 Å². The van der Waals surface area contributed by atoms with Gasteiger partial charge in [0, 0.05) is 29.7 Å². The molecule has 5 nitrogen and oxygen atoms in total. The molecule has 0 bridgehead atoms. The van der Waals surface area contributed by atoms with Crippen molar-refractivity contribution in [1.29, 1.82) is 0 Å². The molecule has 1 saturated carbocycles. The second-order valence-electron chi connectivity index (χ2n) is 9.43. The van der Waals surface area contributed by atoms with E-state index in [1.165, 1.54) is 12.1 Å². The van der Waals surface area contributed by atoms with Crippen LogP contribution in [0.4, 0.5) is 8.78 Å². The van der Waals surface area contributed by atoms with Crippen molar-refractivity contribution in [3.05, 3.63) is 58.2 Å². The second kappa shape index (κ2) is 8.70. The van der Waals surface area contributed by atoms with E-state index in [2.05, 4.69) is 19.2 Å². The first-order valence-electron chi connectivity index (χ1n) is 11.1. The second-order valence-corrected chi connectivity index (χ2v) is 9.43. The van der Waals surface area contributed by atoms with Crippen LogP contribution in [0.3, 0.4) is 0 Å². The lowest BCUT2D eigenvalue weighted by atomic mass is 9.62. The highest BCUT2D eigenvalue weighted by Crippen LogP contribution is 2.47. The standard InChI is InChI=1S/C25H27F2NO4/c1-12(2)13-4-6-18-15(7-13)8-16-9-19(23(30)24(31)21(16)22(18)29)25(32)28-11-14-3-5-17(26)10-20(14)27/h3,5,9-10,12-13,15,18,24,31H,4,6-8,11H2,1-2H3,(H,28,32)/t13-,15-,18?,24?/m1/s1. The van der Waals surface area contributed by atoms with Gasteiger partial charge in [-0.1, -0.05) is 19.9 Å². The maximum atomic E-state index is 13.8. The summed E-state index contributed by atoms with van der Waals surface area (Å²) in [6.07, 6.45) is 2.92. The van der Waals surface area contributed by atoms with Gasteiger partial charge in [-0.3, -0.25) is 14.4 Å². The number of benzene rings is 1. The lowest BCUT2D eigenvalue weighted by Crippen LogP contribution is -2.44. The minimum absolute atomic E-state index is 0.0710. The number of ketones is 2. The summed E-state index contributed by atoms with van der Waals surface area (Å²) in [5, 5.41) is 13.1. The molecule has 0 heterocycles. The first kappa shape index (κ1) is 22.5. The molecule has 4 atom stereocenters. The number of halogens is 2. The molecule has 0 saturated heterocycles. The van der Waals surface area contributed by atoms with Crippen molar-refractivity contribution in [1.82, 2.24) is 5.32 Å². The lowest BCUT2D eigenvalue weighted by Gasteiger charge is -2.42. The number of allylic oxidation sites excluding steroid dienone is 2. The molecule has 3 aliphatic rings. The molecule has 2 unspecified atom stereocenters. The van der Waals surface area contributed by atoms with Crippen molar-refractivity contribution in [3.8, 4) is 0 Å². The molecule has 4 rings (SSSR count). The van der Waals surface area contributed by atoms with Gasteiger partial charge in [-0.25, -0.2) is 8.78 Å². The molecular formula is C25H27F2NO4. The smallest absolute Gasteiger partial charge is 0.255 e. The van der Waals surface area contributed by atoms with Crippen LogP contribution in [0.15, 0.2) is 41.0 Å². The maximum absolute atomic E-state index is 13.8. The van der Waals surface area contributed by atoms with Crippen LogP contribution in [0.1, 0.15) is 45.1 Å².